The van der Waals surface area contributed by atoms with E-state index in [1.165, 1.54) is 37.0 Å². The first-order valence-corrected chi connectivity index (χ1v) is 18.0. The maximum Gasteiger partial charge on any atom is 0.315 e. The number of thiophene rings is 1. The summed E-state index contributed by atoms with van der Waals surface area (Å²) in [5, 5.41) is 11.8. The van der Waals surface area contributed by atoms with Crippen LogP contribution in [0.4, 0.5) is 0 Å². The van der Waals surface area contributed by atoms with E-state index in [-0.39, 0.29) is 23.5 Å². The largest absolute Gasteiger partial charge is 0.494 e. The van der Waals surface area contributed by atoms with Gasteiger partial charge in [0.1, 0.15) is 17.5 Å². The number of carbonyl (C=O) groups excluding carboxylic acids is 2. The van der Waals surface area contributed by atoms with E-state index in [0.29, 0.717) is 10.7 Å². The average Bonchev–Trinajstić information content (AvgIpc) is 3.59. The number of carboxylic acid groups (broad SMARTS) is 1. The molecule has 9 nitrogen and oxygen atoms in total. The number of nitrogens with one attached hydrogen (secondary N) is 2. The number of carboxylic acids is 1. The summed E-state index contributed by atoms with van der Waals surface area (Å²) in [5.74, 6) is -0.763. The van der Waals surface area contributed by atoms with Gasteiger partial charge in [0.25, 0.3) is 11.8 Å². The molecule has 2 aromatic heterocycles. The summed E-state index contributed by atoms with van der Waals surface area (Å²) in [6, 6.07) is 18.2. The molecule has 0 spiro atoms. The lowest BCUT2D eigenvalue weighted by molar-refractivity contribution is -0.133. The molecule has 1 unspecified atom stereocenters. The zero-order valence-electron chi connectivity index (χ0n) is 28.0. The molecule has 0 aliphatic heterocycles. The molecule has 1 atom stereocenters. The highest BCUT2D eigenvalue weighted by molar-refractivity contribution is 7.98. The molecular weight excluding hydrogens is 645 g/mol. The maximum absolute atomic E-state index is 13.1. The molecule has 0 radical (unpaired) electrons. The fraction of sp³-hybridized carbons (Fsp3) is 0.378. The van der Waals surface area contributed by atoms with Crippen molar-refractivity contribution in [1.29, 1.82) is 0 Å². The molecule has 2 heterocycles. The molecule has 0 aliphatic rings. The number of unbranched alkanes of at least 4 members (excludes halogenated alkanes) is 4. The summed E-state index contributed by atoms with van der Waals surface area (Å²) in [5.41, 5.74) is 3.41. The molecule has 2 amide bonds. The van der Waals surface area contributed by atoms with Gasteiger partial charge in [-0.2, -0.15) is 0 Å². The van der Waals surface area contributed by atoms with E-state index in [4.69, 9.17) is 9.84 Å². The Morgan fingerprint density at radius 3 is 2.17 bits per heavy atom. The summed E-state index contributed by atoms with van der Waals surface area (Å²) in [4.78, 5) is 47.8. The number of nitrogens with zero attached hydrogens (tertiary/aromatic N) is 2. The SMILES string of the molecule is CCCCCCCOc1ccc(-c2cnc(-c3ccc(CC(NC(=O)c4ccc(C(C)(C)C)s4)C(=O)NSCC(=O)O)cc3)nc2)cc1. The highest BCUT2D eigenvalue weighted by Crippen LogP contribution is 2.29. The van der Waals surface area contributed by atoms with Gasteiger partial charge in [0, 0.05) is 34.8 Å². The van der Waals surface area contributed by atoms with Crippen LogP contribution in [0.5, 0.6) is 5.75 Å². The summed E-state index contributed by atoms with van der Waals surface area (Å²) in [7, 11) is 0. The Bertz CT molecular complexity index is 1630. The number of carbonyl (C=O) groups is 3. The quantitative estimate of drug-likeness (QED) is 0.0760. The van der Waals surface area contributed by atoms with Crippen molar-refractivity contribution in [3.05, 3.63) is 88.4 Å². The van der Waals surface area contributed by atoms with E-state index >= 15 is 0 Å². The fourth-order valence-corrected chi connectivity index (χ4v) is 6.28. The lowest BCUT2D eigenvalue weighted by Crippen LogP contribution is -2.46. The van der Waals surface area contributed by atoms with E-state index < -0.39 is 17.9 Å². The monoisotopic (exact) mass is 688 g/mol. The van der Waals surface area contributed by atoms with Crippen LogP contribution in [-0.4, -0.2) is 51.3 Å². The molecule has 0 fully saturated rings. The Balaban J connectivity index is 1.38. The minimum Gasteiger partial charge on any atom is -0.494 e. The van der Waals surface area contributed by atoms with Crippen LogP contribution in [0.2, 0.25) is 0 Å². The molecule has 48 heavy (non-hydrogen) atoms. The Kier molecular flexibility index (Phi) is 13.6. The summed E-state index contributed by atoms with van der Waals surface area (Å²) in [6.45, 7) is 9.16. The Morgan fingerprint density at radius 2 is 1.54 bits per heavy atom. The smallest absolute Gasteiger partial charge is 0.315 e. The second-order valence-electron chi connectivity index (χ2n) is 12.6. The summed E-state index contributed by atoms with van der Waals surface area (Å²) >= 11 is 2.16. The van der Waals surface area contributed by atoms with Crippen molar-refractivity contribution >= 4 is 41.1 Å². The predicted octanol–water partition coefficient (Wildman–Crippen LogP) is 7.71. The molecule has 4 aromatic rings. The highest BCUT2D eigenvalue weighted by atomic mass is 32.2. The molecule has 2 aromatic carbocycles. The van der Waals surface area contributed by atoms with Crippen molar-refractivity contribution < 1.29 is 24.2 Å². The van der Waals surface area contributed by atoms with E-state index in [9.17, 15) is 14.4 Å². The zero-order valence-corrected chi connectivity index (χ0v) is 29.6. The minimum absolute atomic E-state index is 0.104. The maximum atomic E-state index is 13.1. The van der Waals surface area contributed by atoms with E-state index in [2.05, 4.69) is 47.7 Å². The molecular formula is C37H44N4O5S2. The van der Waals surface area contributed by atoms with Gasteiger partial charge in [0.05, 0.1) is 11.5 Å². The molecule has 11 heteroatoms. The van der Waals surface area contributed by atoms with Gasteiger partial charge in [-0.25, -0.2) is 9.97 Å². The van der Waals surface area contributed by atoms with E-state index in [1.807, 2.05) is 54.6 Å². The number of aromatic nitrogens is 2. The van der Waals surface area contributed by atoms with Gasteiger partial charge in [-0.3, -0.25) is 19.1 Å². The van der Waals surface area contributed by atoms with Crippen molar-refractivity contribution in [1.82, 2.24) is 20.0 Å². The number of rotatable bonds is 17. The third-order valence-corrected chi connectivity index (χ3v) is 9.81. The van der Waals surface area contributed by atoms with Crippen molar-refractivity contribution in [3.63, 3.8) is 0 Å². The number of aliphatic carboxylic acids is 1. The first kappa shape index (κ1) is 36.6. The van der Waals surface area contributed by atoms with Gasteiger partial charge >= 0.3 is 5.97 Å². The van der Waals surface area contributed by atoms with E-state index in [1.54, 1.807) is 18.5 Å². The lowest BCUT2D eigenvalue weighted by atomic mass is 9.95. The molecule has 4 rings (SSSR count). The lowest BCUT2D eigenvalue weighted by Gasteiger charge is -2.18. The van der Waals surface area contributed by atoms with Crippen LogP contribution in [0, 0.1) is 0 Å². The third-order valence-electron chi connectivity index (χ3n) is 7.57. The van der Waals surface area contributed by atoms with Crippen LogP contribution in [0.1, 0.15) is 79.9 Å². The second-order valence-corrected chi connectivity index (χ2v) is 14.4. The van der Waals surface area contributed by atoms with Crippen LogP contribution in [0.25, 0.3) is 22.5 Å². The first-order chi connectivity index (χ1) is 23.0. The van der Waals surface area contributed by atoms with Crippen LogP contribution in [0.3, 0.4) is 0 Å². The minimum atomic E-state index is -1.05. The number of amides is 2. The first-order valence-electron chi connectivity index (χ1n) is 16.2. The predicted molar refractivity (Wildman–Crippen MR) is 193 cm³/mol. The Morgan fingerprint density at radius 1 is 0.875 bits per heavy atom. The van der Waals surface area contributed by atoms with Gasteiger partial charge in [-0.05, 0) is 59.2 Å². The van der Waals surface area contributed by atoms with E-state index in [0.717, 1.165) is 57.9 Å². The van der Waals surface area contributed by atoms with Gasteiger partial charge in [-0.1, -0.05) is 89.8 Å². The van der Waals surface area contributed by atoms with Crippen LogP contribution in [-0.2, 0) is 21.4 Å². The number of ether oxygens (including phenoxy) is 1. The molecule has 0 saturated carbocycles. The van der Waals surface area contributed by atoms with Crippen LogP contribution in [0.15, 0.2) is 73.1 Å². The van der Waals surface area contributed by atoms with Crippen molar-refractivity contribution in [2.45, 2.75) is 77.7 Å². The fourth-order valence-electron chi connectivity index (χ4n) is 4.83. The van der Waals surface area contributed by atoms with Gasteiger partial charge in [0.15, 0.2) is 5.82 Å². The van der Waals surface area contributed by atoms with Crippen molar-refractivity contribution in [2.75, 3.05) is 12.4 Å². The van der Waals surface area contributed by atoms with Crippen LogP contribution >= 0.6 is 23.3 Å². The number of hydrogen-bond acceptors (Lipinski definition) is 8. The number of benzene rings is 2. The van der Waals surface area contributed by atoms with Gasteiger partial charge in [0.2, 0.25) is 0 Å². The second kappa shape index (κ2) is 17.8. The molecule has 3 N–H and O–H groups in total. The molecule has 0 saturated heterocycles. The molecule has 0 aliphatic carbocycles. The highest BCUT2D eigenvalue weighted by Gasteiger charge is 2.25. The average molecular weight is 689 g/mol. The standard InChI is InChI=1S/C37H44N4O5S2/c1-5-6-7-8-9-20-46-29-16-14-26(15-17-29)28-22-38-34(39-23-28)27-12-10-25(11-13-27)21-30(35(44)41-47-24-33(42)43)40-36(45)31-18-19-32(48-31)37(2,3)4/h10-19,22-23,30H,5-9,20-21,24H2,1-4H3,(H,40,45)(H,41,44)(H,42,43). The van der Waals surface area contributed by atoms with Crippen molar-refractivity contribution in [2.24, 2.45) is 0 Å². The molecule has 254 valence electrons. The van der Waals surface area contributed by atoms with Crippen molar-refractivity contribution in [3.8, 4) is 28.3 Å². The number of hydrogen-bond donors (Lipinski definition) is 3. The summed E-state index contributed by atoms with van der Waals surface area (Å²) < 4.78 is 8.44. The van der Waals surface area contributed by atoms with Crippen LogP contribution < -0.4 is 14.8 Å². The third kappa shape index (κ3) is 11.2. The normalized spacial score (nSPS) is 11.9. The topological polar surface area (TPSA) is 131 Å². The molecule has 0 bridgehead atoms. The Labute approximate surface area is 291 Å². The Hall–Kier alpha value is -4.22. The zero-order chi connectivity index (χ0) is 34.5. The summed E-state index contributed by atoms with van der Waals surface area (Å²) in [6.07, 6.45) is 9.81. The van der Waals surface area contributed by atoms with Gasteiger partial charge in [-0.15, -0.1) is 11.3 Å². The van der Waals surface area contributed by atoms with Gasteiger partial charge < -0.3 is 15.2 Å².